The number of hydrogen-bond acceptors (Lipinski definition) is 1. The summed E-state index contributed by atoms with van der Waals surface area (Å²) in [6.45, 7) is 0.692. The molecule has 0 heterocycles. The minimum atomic E-state index is -0.0228. The molecule has 1 N–H and O–H groups in total. The maximum Gasteiger partial charge on any atom is 0.244 e. The first-order valence-corrected chi connectivity index (χ1v) is 6.53. The smallest absolute Gasteiger partial charge is 0.244 e. The van der Waals surface area contributed by atoms with E-state index in [9.17, 15) is 4.79 Å². The van der Waals surface area contributed by atoms with Crippen molar-refractivity contribution < 1.29 is 4.79 Å². The second-order valence-corrected chi connectivity index (χ2v) is 4.57. The highest BCUT2D eigenvalue weighted by molar-refractivity contribution is 5.91. The van der Waals surface area contributed by atoms with Gasteiger partial charge in [0.05, 0.1) is 0 Å². The van der Waals surface area contributed by atoms with E-state index in [0.717, 1.165) is 18.4 Å². The lowest BCUT2D eigenvalue weighted by molar-refractivity contribution is -0.116. The predicted octanol–water partition coefficient (Wildman–Crippen LogP) is 3.32. The first kappa shape index (κ1) is 12.6. The van der Waals surface area contributed by atoms with Crippen LogP contribution in [0.2, 0.25) is 0 Å². The predicted molar refractivity (Wildman–Crippen MR) is 75.0 cm³/mol. The third-order valence-corrected chi connectivity index (χ3v) is 3.10. The highest BCUT2D eigenvalue weighted by Gasteiger charge is 2.04. The topological polar surface area (TPSA) is 29.1 Å². The average Bonchev–Trinajstić information content (AvgIpc) is 2.45. The number of rotatable bonds is 4. The molecule has 1 aliphatic carbocycles. The molecule has 2 heteroatoms. The lowest BCUT2D eigenvalue weighted by Crippen LogP contribution is -2.24. The van der Waals surface area contributed by atoms with Gasteiger partial charge < -0.3 is 5.32 Å². The maximum atomic E-state index is 11.6. The number of nitrogens with one attached hydrogen (secondary N) is 1. The van der Waals surface area contributed by atoms with Gasteiger partial charge in [0.25, 0.3) is 0 Å². The zero-order valence-electron chi connectivity index (χ0n) is 10.6. The average molecular weight is 241 g/mol. The Morgan fingerprint density at radius 3 is 2.78 bits per heavy atom. The van der Waals surface area contributed by atoms with E-state index in [4.69, 9.17) is 0 Å². The number of amides is 1. The third kappa shape index (κ3) is 4.21. The summed E-state index contributed by atoms with van der Waals surface area (Å²) in [6.07, 6.45) is 10.5. The minimum absolute atomic E-state index is 0.0228. The first-order chi connectivity index (χ1) is 8.84. The molecule has 0 bridgehead atoms. The van der Waals surface area contributed by atoms with Crippen LogP contribution in [0, 0.1) is 0 Å². The van der Waals surface area contributed by atoms with Crippen LogP contribution in [0.25, 0.3) is 6.08 Å². The fraction of sp³-hybridized carbons (Fsp3) is 0.312. The van der Waals surface area contributed by atoms with Gasteiger partial charge in [-0.15, -0.1) is 0 Å². The molecule has 1 aliphatic rings. The second kappa shape index (κ2) is 6.80. The van der Waals surface area contributed by atoms with Crippen LogP contribution in [-0.4, -0.2) is 12.5 Å². The van der Waals surface area contributed by atoms with E-state index in [1.165, 1.54) is 18.4 Å². The molecule has 0 saturated carbocycles. The highest BCUT2D eigenvalue weighted by atomic mass is 16.1. The van der Waals surface area contributed by atoms with Crippen molar-refractivity contribution in [2.75, 3.05) is 6.54 Å². The summed E-state index contributed by atoms with van der Waals surface area (Å²) in [6, 6.07) is 9.85. The van der Waals surface area contributed by atoms with E-state index in [0.29, 0.717) is 6.54 Å². The van der Waals surface area contributed by atoms with Gasteiger partial charge in [-0.25, -0.2) is 0 Å². The maximum absolute atomic E-state index is 11.6. The highest BCUT2D eigenvalue weighted by Crippen LogP contribution is 2.16. The summed E-state index contributed by atoms with van der Waals surface area (Å²) in [4.78, 5) is 11.6. The Morgan fingerprint density at radius 2 is 2.06 bits per heavy atom. The van der Waals surface area contributed by atoms with Crippen LogP contribution in [-0.2, 0) is 4.79 Å². The van der Waals surface area contributed by atoms with E-state index < -0.39 is 0 Å². The van der Waals surface area contributed by atoms with Crippen molar-refractivity contribution in [2.45, 2.75) is 25.7 Å². The Kier molecular flexibility index (Phi) is 4.77. The van der Waals surface area contributed by atoms with Gasteiger partial charge in [-0.2, -0.15) is 0 Å². The van der Waals surface area contributed by atoms with Gasteiger partial charge in [0.1, 0.15) is 0 Å². The summed E-state index contributed by atoms with van der Waals surface area (Å²) in [5.74, 6) is -0.0228. The van der Waals surface area contributed by atoms with E-state index in [-0.39, 0.29) is 5.91 Å². The molecule has 0 aromatic heterocycles. The van der Waals surface area contributed by atoms with Gasteiger partial charge in [0, 0.05) is 12.6 Å². The van der Waals surface area contributed by atoms with Crippen LogP contribution in [0.15, 0.2) is 48.1 Å². The number of benzene rings is 1. The lowest BCUT2D eigenvalue weighted by atomic mass is 10.00. The normalized spacial score (nSPS) is 15.4. The molecule has 2 nitrogen and oxygen atoms in total. The van der Waals surface area contributed by atoms with Crippen LogP contribution in [0.1, 0.15) is 31.2 Å². The van der Waals surface area contributed by atoms with Crippen LogP contribution in [0.3, 0.4) is 0 Å². The lowest BCUT2D eigenvalue weighted by Gasteiger charge is -2.12. The summed E-state index contributed by atoms with van der Waals surface area (Å²) in [5.41, 5.74) is 2.41. The van der Waals surface area contributed by atoms with Crippen LogP contribution < -0.4 is 5.32 Å². The monoisotopic (exact) mass is 241 g/mol. The van der Waals surface area contributed by atoms with Crippen LogP contribution >= 0.6 is 0 Å². The number of hydrogen-bond donors (Lipinski definition) is 1. The summed E-state index contributed by atoms with van der Waals surface area (Å²) in [7, 11) is 0. The molecule has 1 amide bonds. The van der Waals surface area contributed by atoms with Crippen molar-refractivity contribution in [1.82, 2.24) is 5.32 Å². The van der Waals surface area contributed by atoms with Crippen molar-refractivity contribution in [2.24, 2.45) is 0 Å². The second-order valence-electron chi connectivity index (χ2n) is 4.57. The van der Waals surface area contributed by atoms with Gasteiger partial charge in [0.15, 0.2) is 0 Å². The Morgan fingerprint density at radius 1 is 1.22 bits per heavy atom. The molecule has 18 heavy (non-hydrogen) atoms. The van der Waals surface area contributed by atoms with Crippen molar-refractivity contribution >= 4 is 12.0 Å². The van der Waals surface area contributed by atoms with E-state index >= 15 is 0 Å². The Balaban J connectivity index is 1.78. The molecular weight excluding hydrogens is 222 g/mol. The van der Waals surface area contributed by atoms with Gasteiger partial charge in [0.2, 0.25) is 5.91 Å². The fourth-order valence-electron chi connectivity index (χ4n) is 2.06. The van der Waals surface area contributed by atoms with E-state index in [1.54, 1.807) is 6.08 Å². The Hall–Kier alpha value is -1.83. The van der Waals surface area contributed by atoms with E-state index in [1.807, 2.05) is 36.4 Å². The van der Waals surface area contributed by atoms with Crippen molar-refractivity contribution in [3.05, 3.63) is 53.6 Å². The van der Waals surface area contributed by atoms with Crippen molar-refractivity contribution in [3.63, 3.8) is 0 Å². The quantitative estimate of drug-likeness (QED) is 0.636. The molecule has 1 aromatic rings. The standard InChI is InChI=1S/C16H19NO/c18-16(12-11-14-7-3-1-4-8-14)17-13-15-9-5-2-6-10-15/h1,3-4,7-9,11-12H,2,5-6,10,13H2,(H,17,18)/b12-11+. The minimum Gasteiger partial charge on any atom is -0.349 e. The largest absolute Gasteiger partial charge is 0.349 e. The van der Waals surface area contributed by atoms with Crippen molar-refractivity contribution in [3.8, 4) is 0 Å². The first-order valence-electron chi connectivity index (χ1n) is 6.53. The summed E-state index contributed by atoms with van der Waals surface area (Å²) >= 11 is 0. The van der Waals surface area contributed by atoms with Gasteiger partial charge in [-0.1, -0.05) is 42.0 Å². The zero-order chi connectivity index (χ0) is 12.6. The molecule has 0 radical (unpaired) electrons. The molecule has 0 unspecified atom stereocenters. The summed E-state index contributed by atoms with van der Waals surface area (Å²) < 4.78 is 0. The molecule has 0 fully saturated rings. The summed E-state index contributed by atoms with van der Waals surface area (Å²) in [5, 5.41) is 2.93. The molecule has 0 atom stereocenters. The molecular formula is C16H19NO. The number of carbonyl (C=O) groups is 1. The SMILES string of the molecule is O=C(/C=C/c1ccccc1)NCC1=CCCCC1. The Bertz CT molecular complexity index is 445. The van der Waals surface area contributed by atoms with Gasteiger partial charge in [-0.3, -0.25) is 4.79 Å². The van der Waals surface area contributed by atoms with Crippen LogP contribution in [0.4, 0.5) is 0 Å². The van der Waals surface area contributed by atoms with Gasteiger partial charge >= 0.3 is 0 Å². The van der Waals surface area contributed by atoms with Crippen LogP contribution in [0.5, 0.6) is 0 Å². The number of carbonyl (C=O) groups excluding carboxylic acids is 1. The Labute approximate surface area is 108 Å². The molecule has 1 aromatic carbocycles. The molecule has 0 spiro atoms. The molecule has 94 valence electrons. The zero-order valence-corrected chi connectivity index (χ0v) is 10.6. The molecule has 0 saturated heterocycles. The number of allylic oxidation sites excluding steroid dienone is 1. The van der Waals surface area contributed by atoms with E-state index in [2.05, 4.69) is 11.4 Å². The molecule has 2 rings (SSSR count). The molecule has 0 aliphatic heterocycles. The fourth-order valence-corrected chi connectivity index (χ4v) is 2.06. The van der Waals surface area contributed by atoms with Crippen molar-refractivity contribution in [1.29, 1.82) is 0 Å². The third-order valence-electron chi connectivity index (χ3n) is 3.10. The van der Waals surface area contributed by atoms with Gasteiger partial charge in [-0.05, 0) is 37.3 Å².